The summed E-state index contributed by atoms with van der Waals surface area (Å²) in [7, 11) is 0. The summed E-state index contributed by atoms with van der Waals surface area (Å²) < 4.78 is 20.1. The highest BCUT2D eigenvalue weighted by molar-refractivity contribution is 6.03. The molecule has 0 saturated carbocycles. The minimum absolute atomic E-state index is 0.251. The maximum absolute atomic E-state index is 14.3. The lowest BCUT2D eigenvalue weighted by Crippen LogP contribution is -2.36. The van der Waals surface area contributed by atoms with Crippen LogP contribution in [0.3, 0.4) is 0 Å². The number of amides is 1. The Hall–Kier alpha value is -2.66. The van der Waals surface area contributed by atoms with E-state index >= 15 is 0 Å². The van der Waals surface area contributed by atoms with Gasteiger partial charge in [-0.15, -0.1) is 0 Å². The van der Waals surface area contributed by atoms with Crippen LogP contribution in [0.1, 0.15) is 16.6 Å². The average molecular weight is 365 g/mol. The number of hydrogen-bond donors (Lipinski definition) is 4. The Morgan fingerprint density at radius 3 is 2.58 bits per heavy atom. The first kappa shape index (κ1) is 18.1. The van der Waals surface area contributed by atoms with Crippen LogP contribution in [-0.4, -0.2) is 55.7 Å². The van der Waals surface area contributed by atoms with E-state index in [1.54, 1.807) is 18.2 Å². The molecule has 10 heteroatoms. The summed E-state index contributed by atoms with van der Waals surface area (Å²) in [5, 5.41) is 30.9. The van der Waals surface area contributed by atoms with Gasteiger partial charge in [0, 0.05) is 5.56 Å². The van der Waals surface area contributed by atoms with Gasteiger partial charge in [0.2, 0.25) is 0 Å². The molecule has 0 aliphatic carbocycles. The molecule has 1 fully saturated rings. The van der Waals surface area contributed by atoms with Crippen LogP contribution in [0.4, 0.5) is 10.2 Å². The zero-order valence-corrected chi connectivity index (χ0v) is 13.3. The Kier molecular flexibility index (Phi) is 5.09. The van der Waals surface area contributed by atoms with Gasteiger partial charge in [-0.1, -0.05) is 18.2 Å². The van der Waals surface area contributed by atoms with Crippen LogP contribution in [0.5, 0.6) is 0 Å². The summed E-state index contributed by atoms with van der Waals surface area (Å²) in [6, 6.07) is 7.97. The van der Waals surface area contributed by atoms with Crippen LogP contribution >= 0.6 is 0 Å². The molecule has 0 bridgehead atoms. The molecule has 0 spiro atoms. The van der Waals surface area contributed by atoms with Crippen molar-refractivity contribution in [1.82, 2.24) is 9.55 Å². The fraction of sp³-hybridized carbons (Fsp3) is 0.312. The minimum Gasteiger partial charge on any atom is -0.394 e. The molecular weight excluding hydrogens is 349 g/mol. The van der Waals surface area contributed by atoms with Gasteiger partial charge in [-0.25, -0.2) is 9.18 Å². The molecular formula is C16H16FN3O6. The van der Waals surface area contributed by atoms with Gasteiger partial charge in [-0.05, 0) is 12.1 Å². The van der Waals surface area contributed by atoms with E-state index in [-0.39, 0.29) is 5.56 Å². The third-order valence-corrected chi connectivity index (χ3v) is 3.97. The standard InChI is InChI=1S/C16H16FN3O6/c17-9-6-20(15-12(23)11(22)10(7-21)26-15)16(25)19-13(9)18-14(24)8-4-2-1-3-5-8/h1-6,10-12,15,21-23H,7H2,(H,18,19,24,25)/t10-,11-,12-,15-/m1/s1. The number of nitrogens with zero attached hydrogens (tertiary/aromatic N) is 2. The van der Waals surface area contributed by atoms with Gasteiger partial charge < -0.3 is 25.4 Å². The third-order valence-electron chi connectivity index (χ3n) is 3.97. The van der Waals surface area contributed by atoms with Crippen LogP contribution in [0, 0.1) is 5.82 Å². The number of hydrogen-bond acceptors (Lipinski definition) is 7. The Morgan fingerprint density at radius 2 is 1.96 bits per heavy atom. The Labute approximate surface area is 146 Å². The van der Waals surface area contributed by atoms with Gasteiger partial charge in [0.05, 0.1) is 12.8 Å². The Bertz CT molecular complexity index is 859. The Balaban J connectivity index is 1.85. The summed E-state index contributed by atoms with van der Waals surface area (Å²) in [6.45, 7) is -0.593. The molecule has 4 N–H and O–H groups in total. The van der Waals surface area contributed by atoms with E-state index in [4.69, 9.17) is 9.84 Å². The monoisotopic (exact) mass is 365 g/mol. The normalized spacial score (nSPS) is 25.2. The summed E-state index contributed by atoms with van der Waals surface area (Å²) in [5.41, 5.74) is -0.758. The van der Waals surface area contributed by atoms with E-state index in [2.05, 4.69) is 10.3 Å². The third kappa shape index (κ3) is 3.35. The van der Waals surface area contributed by atoms with E-state index < -0.39 is 54.4 Å². The molecule has 1 amide bonds. The lowest BCUT2D eigenvalue weighted by atomic mass is 10.1. The first-order chi connectivity index (χ1) is 12.4. The highest BCUT2D eigenvalue weighted by atomic mass is 19.1. The van der Waals surface area contributed by atoms with Crippen molar-refractivity contribution in [3.8, 4) is 0 Å². The molecule has 1 aromatic carbocycles. The van der Waals surface area contributed by atoms with E-state index in [0.717, 1.165) is 0 Å². The molecule has 1 saturated heterocycles. The second-order valence-electron chi connectivity index (χ2n) is 5.68. The minimum atomic E-state index is -1.56. The van der Waals surface area contributed by atoms with Crippen LogP contribution < -0.4 is 11.0 Å². The highest BCUT2D eigenvalue weighted by Gasteiger charge is 2.44. The quantitative estimate of drug-likeness (QED) is 0.560. The van der Waals surface area contributed by atoms with Crippen molar-refractivity contribution in [2.75, 3.05) is 11.9 Å². The second-order valence-corrected chi connectivity index (χ2v) is 5.68. The van der Waals surface area contributed by atoms with E-state index in [1.807, 2.05) is 0 Å². The first-order valence-electron chi connectivity index (χ1n) is 7.70. The number of ether oxygens (including phenoxy) is 1. The zero-order chi connectivity index (χ0) is 18.8. The van der Waals surface area contributed by atoms with Crippen molar-refractivity contribution in [3.05, 3.63) is 58.4 Å². The van der Waals surface area contributed by atoms with Crippen molar-refractivity contribution in [2.24, 2.45) is 0 Å². The molecule has 138 valence electrons. The topological polar surface area (TPSA) is 134 Å². The molecule has 1 aliphatic heterocycles. The summed E-state index contributed by atoms with van der Waals surface area (Å²) in [6.07, 6.45) is -4.85. The van der Waals surface area contributed by atoms with Gasteiger partial charge >= 0.3 is 5.69 Å². The van der Waals surface area contributed by atoms with Crippen molar-refractivity contribution >= 4 is 11.7 Å². The molecule has 0 unspecified atom stereocenters. The fourth-order valence-electron chi connectivity index (χ4n) is 2.59. The van der Waals surface area contributed by atoms with Gasteiger partial charge in [-0.2, -0.15) is 4.98 Å². The zero-order valence-electron chi connectivity index (χ0n) is 13.3. The van der Waals surface area contributed by atoms with E-state index in [0.29, 0.717) is 10.8 Å². The van der Waals surface area contributed by atoms with Crippen LogP contribution in [0.25, 0.3) is 0 Å². The number of aliphatic hydroxyl groups excluding tert-OH is 3. The molecule has 1 aliphatic rings. The van der Waals surface area contributed by atoms with E-state index in [9.17, 15) is 24.2 Å². The number of carbonyl (C=O) groups is 1. The number of aromatic nitrogens is 2. The van der Waals surface area contributed by atoms with Crippen molar-refractivity contribution in [1.29, 1.82) is 0 Å². The molecule has 9 nitrogen and oxygen atoms in total. The number of benzene rings is 1. The largest absolute Gasteiger partial charge is 0.394 e. The summed E-state index contributed by atoms with van der Waals surface area (Å²) in [4.78, 5) is 27.6. The summed E-state index contributed by atoms with van der Waals surface area (Å²) >= 11 is 0. The number of rotatable bonds is 4. The number of aliphatic hydroxyl groups is 3. The molecule has 26 heavy (non-hydrogen) atoms. The average Bonchev–Trinajstić information content (AvgIpc) is 2.93. The smallest absolute Gasteiger partial charge is 0.351 e. The maximum atomic E-state index is 14.3. The maximum Gasteiger partial charge on any atom is 0.351 e. The lowest BCUT2D eigenvalue weighted by molar-refractivity contribution is -0.0553. The van der Waals surface area contributed by atoms with Crippen molar-refractivity contribution < 1.29 is 29.2 Å². The number of halogens is 1. The van der Waals surface area contributed by atoms with Crippen LogP contribution in [-0.2, 0) is 4.74 Å². The molecule has 4 atom stereocenters. The van der Waals surface area contributed by atoms with Gasteiger partial charge in [0.15, 0.2) is 17.9 Å². The van der Waals surface area contributed by atoms with Crippen molar-refractivity contribution in [3.63, 3.8) is 0 Å². The molecule has 0 radical (unpaired) electrons. The van der Waals surface area contributed by atoms with Gasteiger partial charge in [-0.3, -0.25) is 9.36 Å². The predicted octanol–water partition coefficient (Wildman–Crippen LogP) is -0.754. The molecule has 3 rings (SSSR count). The first-order valence-corrected chi connectivity index (χ1v) is 7.70. The van der Waals surface area contributed by atoms with Crippen molar-refractivity contribution in [2.45, 2.75) is 24.5 Å². The second kappa shape index (κ2) is 7.30. The molecule has 2 heterocycles. The fourth-order valence-corrected chi connectivity index (χ4v) is 2.59. The highest BCUT2D eigenvalue weighted by Crippen LogP contribution is 2.28. The van der Waals surface area contributed by atoms with E-state index in [1.165, 1.54) is 12.1 Å². The number of nitrogens with one attached hydrogen (secondary N) is 1. The predicted molar refractivity (Wildman–Crippen MR) is 85.9 cm³/mol. The summed E-state index contributed by atoms with van der Waals surface area (Å²) in [5.74, 6) is -2.26. The SMILES string of the molecule is O=C(Nc1nc(=O)n([C@@H]2O[C@H](CO)[C@@H](O)[C@H]2O)cc1F)c1ccccc1. The van der Waals surface area contributed by atoms with Gasteiger partial charge in [0.1, 0.15) is 18.3 Å². The molecule has 1 aromatic heterocycles. The lowest BCUT2D eigenvalue weighted by Gasteiger charge is -2.17. The van der Waals surface area contributed by atoms with Gasteiger partial charge in [0.25, 0.3) is 5.91 Å². The number of anilines is 1. The number of carbonyl (C=O) groups excluding carboxylic acids is 1. The molecule has 2 aromatic rings. The van der Waals surface area contributed by atoms with Crippen LogP contribution in [0.15, 0.2) is 41.3 Å². The van der Waals surface area contributed by atoms with Crippen LogP contribution in [0.2, 0.25) is 0 Å². The Morgan fingerprint density at radius 1 is 1.27 bits per heavy atom.